The van der Waals surface area contributed by atoms with Gasteiger partial charge in [-0.25, -0.2) is 0 Å². The molecule has 0 spiro atoms. The summed E-state index contributed by atoms with van der Waals surface area (Å²) in [5.74, 6) is 1.55. The second-order valence-electron chi connectivity index (χ2n) is 9.67. The molecule has 3 rings (SSSR count). The number of nitrogens with zero attached hydrogens (tertiary/aromatic N) is 1. The predicted molar refractivity (Wildman–Crippen MR) is 103 cm³/mol. The van der Waals surface area contributed by atoms with Crippen LogP contribution >= 0.6 is 0 Å². The molecule has 4 atom stereocenters. The van der Waals surface area contributed by atoms with Gasteiger partial charge in [0.25, 0.3) is 0 Å². The zero-order valence-corrected chi connectivity index (χ0v) is 16.8. The van der Waals surface area contributed by atoms with Gasteiger partial charge in [0.05, 0.1) is 8.07 Å². The first kappa shape index (κ1) is 17.4. The lowest BCUT2D eigenvalue weighted by molar-refractivity contribution is 0.210. The molecular weight excluding hydrogens is 296 g/mol. The topological polar surface area (TPSA) is 15.3 Å². The second kappa shape index (κ2) is 6.49. The van der Waals surface area contributed by atoms with Gasteiger partial charge in [-0.2, -0.15) is 0 Å². The Hall–Kier alpha value is -0.383. The fourth-order valence-electron chi connectivity index (χ4n) is 4.93. The summed E-state index contributed by atoms with van der Waals surface area (Å²) in [4.78, 5) is 2.81. The van der Waals surface area contributed by atoms with E-state index in [0.29, 0.717) is 0 Å². The van der Waals surface area contributed by atoms with E-state index in [0.717, 1.165) is 23.4 Å². The molecule has 2 aliphatic carbocycles. The zero-order valence-electron chi connectivity index (χ0n) is 15.8. The Morgan fingerprint density at radius 2 is 1.65 bits per heavy atom. The molecule has 1 saturated heterocycles. The normalized spacial score (nSPS) is 35.0. The van der Waals surface area contributed by atoms with Crippen LogP contribution in [0.25, 0.3) is 0 Å². The smallest absolute Gasteiger partial charge is 0.0663 e. The van der Waals surface area contributed by atoms with Gasteiger partial charge in [-0.3, -0.25) is 4.90 Å². The van der Waals surface area contributed by atoms with Crippen molar-refractivity contribution in [1.82, 2.24) is 10.2 Å². The van der Waals surface area contributed by atoms with E-state index < -0.39 is 8.07 Å². The molecule has 2 nitrogen and oxygen atoms in total. The fraction of sp³-hybridized carbons (Fsp3) is 0.800. The Bertz CT molecular complexity index is 469. The van der Waals surface area contributed by atoms with E-state index in [1.54, 1.807) is 0 Å². The quantitative estimate of drug-likeness (QED) is 0.776. The lowest BCUT2D eigenvalue weighted by Crippen LogP contribution is -2.51. The van der Waals surface area contributed by atoms with Crippen LogP contribution in [-0.4, -0.2) is 43.8 Å². The van der Waals surface area contributed by atoms with Crippen molar-refractivity contribution >= 4 is 8.07 Å². The summed E-state index contributed by atoms with van der Waals surface area (Å²) < 4.78 is 0. The molecule has 1 saturated carbocycles. The third-order valence-electron chi connectivity index (χ3n) is 6.31. The Morgan fingerprint density at radius 3 is 2.26 bits per heavy atom. The van der Waals surface area contributed by atoms with Gasteiger partial charge in [-0.1, -0.05) is 37.4 Å². The van der Waals surface area contributed by atoms with E-state index in [4.69, 9.17) is 0 Å². The number of fused-ring (bicyclic) bond motifs is 1. The minimum atomic E-state index is -1.30. The number of allylic oxidation sites excluding steroid dienone is 3. The van der Waals surface area contributed by atoms with E-state index in [1.807, 2.05) is 0 Å². The molecule has 0 aromatic rings. The number of likely N-dealkylation sites (tertiary alicyclic amines) is 1. The Labute approximate surface area is 144 Å². The number of hydrogen-bond donors (Lipinski definition) is 1. The summed E-state index contributed by atoms with van der Waals surface area (Å²) in [5, 5.41) is 3.82. The van der Waals surface area contributed by atoms with Gasteiger partial charge >= 0.3 is 0 Å². The van der Waals surface area contributed by atoms with Crippen molar-refractivity contribution < 1.29 is 0 Å². The SMILES string of the molecule is CC(C)(C)NC[Si](C)(C)C1CC(N2CCCC2)C2C=CC=CC21. The van der Waals surface area contributed by atoms with Crippen LogP contribution in [0.2, 0.25) is 18.6 Å². The van der Waals surface area contributed by atoms with Gasteiger partial charge in [0.2, 0.25) is 0 Å². The maximum atomic E-state index is 3.82. The van der Waals surface area contributed by atoms with E-state index in [9.17, 15) is 0 Å². The molecule has 0 bridgehead atoms. The Balaban J connectivity index is 1.76. The van der Waals surface area contributed by atoms with Crippen molar-refractivity contribution in [2.45, 2.75) is 70.2 Å². The third kappa shape index (κ3) is 3.83. The summed E-state index contributed by atoms with van der Waals surface area (Å²) in [6.07, 6.45) is 15.2. The first-order valence-electron chi connectivity index (χ1n) is 9.62. The molecule has 0 amide bonds. The van der Waals surface area contributed by atoms with Gasteiger partial charge in [-0.15, -0.1) is 0 Å². The summed E-state index contributed by atoms with van der Waals surface area (Å²) >= 11 is 0. The summed E-state index contributed by atoms with van der Waals surface area (Å²) in [7, 11) is -1.30. The van der Waals surface area contributed by atoms with Gasteiger partial charge in [0.1, 0.15) is 0 Å². The summed E-state index contributed by atoms with van der Waals surface area (Å²) in [5.41, 5.74) is 1.15. The van der Waals surface area contributed by atoms with Crippen LogP contribution in [-0.2, 0) is 0 Å². The van der Waals surface area contributed by atoms with Gasteiger partial charge in [0, 0.05) is 11.6 Å². The predicted octanol–water partition coefficient (Wildman–Crippen LogP) is 4.22. The molecule has 3 heteroatoms. The Kier molecular flexibility index (Phi) is 4.92. The van der Waals surface area contributed by atoms with E-state index in [-0.39, 0.29) is 5.54 Å². The lowest BCUT2D eigenvalue weighted by atomic mass is 9.89. The van der Waals surface area contributed by atoms with Crippen LogP contribution in [0.1, 0.15) is 40.0 Å². The monoisotopic (exact) mass is 332 g/mol. The van der Waals surface area contributed by atoms with E-state index in [1.165, 1.54) is 38.5 Å². The van der Waals surface area contributed by atoms with Crippen LogP contribution in [0, 0.1) is 11.8 Å². The largest absolute Gasteiger partial charge is 0.315 e. The molecule has 0 aromatic carbocycles. The molecule has 130 valence electrons. The van der Waals surface area contributed by atoms with Crippen LogP contribution in [0.3, 0.4) is 0 Å². The minimum absolute atomic E-state index is 0.235. The molecule has 23 heavy (non-hydrogen) atoms. The highest BCUT2D eigenvalue weighted by Gasteiger charge is 2.50. The van der Waals surface area contributed by atoms with Crippen molar-refractivity contribution in [2.24, 2.45) is 11.8 Å². The lowest BCUT2D eigenvalue weighted by Gasteiger charge is -2.37. The van der Waals surface area contributed by atoms with Crippen LogP contribution < -0.4 is 5.32 Å². The molecule has 1 N–H and O–H groups in total. The van der Waals surface area contributed by atoms with Crippen molar-refractivity contribution in [3.63, 3.8) is 0 Å². The first-order chi connectivity index (χ1) is 10.8. The molecule has 1 heterocycles. The molecule has 0 aromatic heterocycles. The summed E-state index contributed by atoms with van der Waals surface area (Å²) in [6.45, 7) is 14.8. The third-order valence-corrected chi connectivity index (χ3v) is 10.0. The summed E-state index contributed by atoms with van der Waals surface area (Å²) in [6, 6.07) is 0.801. The highest BCUT2D eigenvalue weighted by atomic mass is 28.3. The first-order valence-corrected chi connectivity index (χ1v) is 12.9. The van der Waals surface area contributed by atoms with E-state index in [2.05, 4.69) is 68.4 Å². The molecule has 4 unspecified atom stereocenters. The second-order valence-corrected chi connectivity index (χ2v) is 14.7. The highest BCUT2D eigenvalue weighted by Crippen LogP contribution is 2.51. The van der Waals surface area contributed by atoms with E-state index >= 15 is 0 Å². The minimum Gasteiger partial charge on any atom is -0.315 e. The van der Waals surface area contributed by atoms with Gasteiger partial charge in [0.15, 0.2) is 0 Å². The van der Waals surface area contributed by atoms with Crippen molar-refractivity contribution in [3.8, 4) is 0 Å². The average Bonchev–Trinajstić information content (AvgIpc) is 3.11. The standard InChI is InChI=1S/C20H36N2Si/c1-20(2,3)21-15-23(4,5)19-14-18(22-12-8-9-13-22)16-10-6-7-11-17(16)19/h6-7,10-11,16-19,21H,8-9,12-15H2,1-5H3. The van der Waals surface area contributed by atoms with Crippen molar-refractivity contribution in [1.29, 1.82) is 0 Å². The van der Waals surface area contributed by atoms with Crippen LogP contribution in [0.15, 0.2) is 24.3 Å². The van der Waals surface area contributed by atoms with Gasteiger partial charge in [-0.05, 0) is 76.7 Å². The maximum Gasteiger partial charge on any atom is 0.0663 e. The highest BCUT2D eigenvalue weighted by molar-refractivity contribution is 6.79. The molecular formula is C20H36N2Si. The van der Waals surface area contributed by atoms with Gasteiger partial charge < -0.3 is 5.32 Å². The Morgan fingerprint density at radius 1 is 1.04 bits per heavy atom. The van der Waals surface area contributed by atoms with Crippen LogP contribution in [0.5, 0.6) is 0 Å². The molecule has 2 fully saturated rings. The molecule has 1 aliphatic heterocycles. The molecule has 0 radical (unpaired) electrons. The average molecular weight is 333 g/mol. The van der Waals surface area contributed by atoms with Crippen LogP contribution in [0.4, 0.5) is 0 Å². The number of hydrogen-bond acceptors (Lipinski definition) is 2. The molecule has 3 aliphatic rings. The number of rotatable bonds is 4. The fourth-order valence-corrected chi connectivity index (χ4v) is 8.44. The number of nitrogens with one attached hydrogen (secondary N) is 1. The van der Waals surface area contributed by atoms with Crippen molar-refractivity contribution in [2.75, 3.05) is 19.3 Å². The zero-order chi connectivity index (χ0) is 16.7. The maximum absolute atomic E-state index is 3.82. The van der Waals surface area contributed by atoms with Crippen molar-refractivity contribution in [3.05, 3.63) is 24.3 Å².